The normalized spacial score (nSPS) is 11.8. The summed E-state index contributed by atoms with van der Waals surface area (Å²) in [6.45, 7) is 0. The molecule has 0 saturated heterocycles. The SMILES string of the molecule is CSC(C(=O)Oc1ccccc1)c1ccccc1. The maximum absolute atomic E-state index is 12.1. The predicted molar refractivity (Wildman–Crippen MR) is 74.8 cm³/mol. The van der Waals surface area contributed by atoms with E-state index >= 15 is 0 Å². The van der Waals surface area contributed by atoms with Crippen LogP contribution in [0.1, 0.15) is 10.8 Å². The fourth-order valence-corrected chi connectivity index (χ4v) is 2.32. The monoisotopic (exact) mass is 258 g/mol. The summed E-state index contributed by atoms with van der Waals surface area (Å²) in [4.78, 5) is 12.1. The Kier molecular flexibility index (Phi) is 4.42. The Bertz CT molecular complexity index is 496. The number of hydrogen-bond donors (Lipinski definition) is 0. The molecule has 1 atom stereocenters. The maximum Gasteiger partial charge on any atom is 0.328 e. The van der Waals surface area contributed by atoms with Crippen molar-refractivity contribution in [2.24, 2.45) is 0 Å². The summed E-state index contributed by atoms with van der Waals surface area (Å²) in [5, 5.41) is -0.286. The van der Waals surface area contributed by atoms with Gasteiger partial charge in [0.15, 0.2) is 0 Å². The third-order valence-electron chi connectivity index (χ3n) is 2.51. The minimum Gasteiger partial charge on any atom is -0.425 e. The number of carbonyl (C=O) groups excluding carboxylic acids is 1. The van der Waals surface area contributed by atoms with Crippen molar-refractivity contribution in [3.8, 4) is 5.75 Å². The van der Waals surface area contributed by atoms with Crippen LogP contribution in [0, 0.1) is 0 Å². The van der Waals surface area contributed by atoms with Crippen molar-refractivity contribution in [3.05, 3.63) is 66.2 Å². The van der Waals surface area contributed by atoms with E-state index in [0.29, 0.717) is 5.75 Å². The summed E-state index contributed by atoms with van der Waals surface area (Å²) in [7, 11) is 0. The Morgan fingerprint density at radius 3 is 2.11 bits per heavy atom. The lowest BCUT2D eigenvalue weighted by atomic mass is 10.1. The Hall–Kier alpha value is -1.74. The molecule has 0 N–H and O–H groups in total. The Morgan fingerprint density at radius 1 is 1.00 bits per heavy atom. The van der Waals surface area contributed by atoms with Crippen molar-refractivity contribution in [2.45, 2.75) is 5.25 Å². The number of hydrogen-bond acceptors (Lipinski definition) is 3. The van der Waals surface area contributed by atoms with Crippen LogP contribution in [0.5, 0.6) is 5.75 Å². The molecule has 1 unspecified atom stereocenters. The highest BCUT2D eigenvalue weighted by Gasteiger charge is 2.21. The van der Waals surface area contributed by atoms with Gasteiger partial charge in [-0.1, -0.05) is 48.5 Å². The molecule has 0 radical (unpaired) electrons. The van der Waals surface area contributed by atoms with Gasteiger partial charge in [-0.3, -0.25) is 4.79 Å². The highest BCUT2D eigenvalue weighted by molar-refractivity contribution is 7.99. The summed E-state index contributed by atoms with van der Waals surface area (Å²) in [6, 6.07) is 18.8. The lowest BCUT2D eigenvalue weighted by Crippen LogP contribution is -2.16. The van der Waals surface area contributed by atoms with E-state index in [1.165, 1.54) is 11.8 Å². The first-order valence-corrected chi connectivity index (χ1v) is 6.94. The third kappa shape index (κ3) is 3.14. The Balaban J connectivity index is 2.12. The van der Waals surface area contributed by atoms with Crippen LogP contribution in [-0.4, -0.2) is 12.2 Å². The molecule has 0 aliphatic carbocycles. The minimum atomic E-state index is -0.286. The van der Waals surface area contributed by atoms with Gasteiger partial charge in [-0.25, -0.2) is 0 Å². The first kappa shape index (κ1) is 12.7. The van der Waals surface area contributed by atoms with Crippen molar-refractivity contribution < 1.29 is 9.53 Å². The molecule has 0 aliphatic heterocycles. The molecule has 0 aliphatic rings. The van der Waals surface area contributed by atoms with Crippen LogP contribution in [0.15, 0.2) is 60.7 Å². The first-order valence-electron chi connectivity index (χ1n) is 5.66. The standard InChI is InChI=1S/C15H14O2S/c1-18-14(12-8-4-2-5-9-12)15(16)17-13-10-6-3-7-11-13/h2-11,14H,1H3. The molecule has 2 aromatic carbocycles. The summed E-state index contributed by atoms with van der Waals surface area (Å²) in [5.74, 6) is 0.345. The van der Waals surface area contributed by atoms with Gasteiger partial charge in [-0.2, -0.15) is 0 Å². The summed E-state index contributed by atoms with van der Waals surface area (Å²) in [5.41, 5.74) is 0.964. The summed E-state index contributed by atoms with van der Waals surface area (Å²) < 4.78 is 5.36. The van der Waals surface area contributed by atoms with E-state index in [4.69, 9.17) is 4.74 Å². The zero-order chi connectivity index (χ0) is 12.8. The lowest BCUT2D eigenvalue weighted by Gasteiger charge is -2.13. The van der Waals surface area contributed by atoms with Gasteiger partial charge in [-0.15, -0.1) is 11.8 Å². The molecule has 0 fully saturated rings. The van der Waals surface area contributed by atoms with Gasteiger partial charge >= 0.3 is 5.97 Å². The van der Waals surface area contributed by atoms with Crippen LogP contribution in [0.4, 0.5) is 0 Å². The molecule has 3 heteroatoms. The van der Waals surface area contributed by atoms with Crippen molar-refractivity contribution >= 4 is 17.7 Å². The molecule has 0 saturated carbocycles. The average molecular weight is 258 g/mol. The van der Waals surface area contributed by atoms with E-state index < -0.39 is 0 Å². The molecule has 92 valence electrons. The van der Waals surface area contributed by atoms with Gasteiger partial charge in [-0.05, 0) is 24.0 Å². The van der Waals surface area contributed by atoms with Gasteiger partial charge < -0.3 is 4.74 Å². The zero-order valence-corrected chi connectivity index (χ0v) is 10.9. The summed E-state index contributed by atoms with van der Waals surface area (Å²) in [6.07, 6.45) is 1.91. The quantitative estimate of drug-likeness (QED) is 0.618. The molecule has 0 bridgehead atoms. The number of thioether (sulfide) groups is 1. The van der Waals surface area contributed by atoms with E-state index in [9.17, 15) is 4.79 Å². The van der Waals surface area contributed by atoms with Crippen LogP contribution in [0.2, 0.25) is 0 Å². The molecule has 18 heavy (non-hydrogen) atoms. The molecule has 2 aromatic rings. The van der Waals surface area contributed by atoms with Crippen LogP contribution in [0.25, 0.3) is 0 Å². The van der Waals surface area contributed by atoms with Crippen LogP contribution in [-0.2, 0) is 4.79 Å². The molecule has 0 heterocycles. The predicted octanol–water partition coefficient (Wildman–Crippen LogP) is 3.70. The second-order valence-corrected chi connectivity index (χ2v) is 4.70. The van der Waals surface area contributed by atoms with E-state index in [2.05, 4.69) is 0 Å². The van der Waals surface area contributed by atoms with E-state index in [1.807, 2.05) is 54.8 Å². The van der Waals surface area contributed by atoms with E-state index in [1.54, 1.807) is 12.1 Å². The third-order valence-corrected chi connectivity index (χ3v) is 3.45. The average Bonchev–Trinajstić information content (AvgIpc) is 2.42. The number of rotatable bonds is 4. The highest BCUT2D eigenvalue weighted by atomic mass is 32.2. The molecular weight excluding hydrogens is 244 g/mol. The molecule has 0 amide bonds. The number of benzene rings is 2. The van der Waals surface area contributed by atoms with Gasteiger partial charge in [0.25, 0.3) is 0 Å². The molecule has 2 nitrogen and oxygen atoms in total. The second kappa shape index (κ2) is 6.26. The van der Waals surface area contributed by atoms with Gasteiger partial charge in [0.1, 0.15) is 11.0 Å². The molecule has 0 spiro atoms. The largest absolute Gasteiger partial charge is 0.425 e. The van der Waals surface area contributed by atoms with Gasteiger partial charge in [0, 0.05) is 0 Å². The fraction of sp³-hybridized carbons (Fsp3) is 0.133. The Morgan fingerprint density at radius 2 is 1.56 bits per heavy atom. The van der Waals surface area contributed by atoms with Crippen molar-refractivity contribution in [2.75, 3.05) is 6.26 Å². The van der Waals surface area contributed by atoms with Crippen molar-refractivity contribution in [3.63, 3.8) is 0 Å². The number of ether oxygens (including phenoxy) is 1. The lowest BCUT2D eigenvalue weighted by molar-refractivity contribution is -0.133. The number of carbonyl (C=O) groups is 1. The van der Waals surface area contributed by atoms with Gasteiger partial charge in [0.05, 0.1) is 0 Å². The van der Waals surface area contributed by atoms with Crippen LogP contribution >= 0.6 is 11.8 Å². The zero-order valence-electron chi connectivity index (χ0n) is 10.1. The topological polar surface area (TPSA) is 26.3 Å². The molecule has 0 aromatic heterocycles. The molecule has 2 rings (SSSR count). The fourth-order valence-electron chi connectivity index (χ4n) is 1.65. The number of esters is 1. The van der Waals surface area contributed by atoms with Crippen molar-refractivity contribution in [1.82, 2.24) is 0 Å². The van der Waals surface area contributed by atoms with Crippen LogP contribution in [0.3, 0.4) is 0 Å². The highest BCUT2D eigenvalue weighted by Crippen LogP contribution is 2.28. The molecular formula is C15H14O2S. The number of para-hydroxylation sites is 1. The van der Waals surface area contributed by atoms with E-state index in [-0.39, 0.29) is 11.2 Å². The van der Waals surface area contributed by atoms with Crippen molar-refractivity contribution in [1.29, 1.82) is 0 Å². The first-order chi connectivity index (χ1) is 8.81. The second-order valence-electron chi connectivity index (χ2n) is 3.76. The van der Waals surface area contributed by atoms with Crippen LogP contribution < -0.4 is 4.74 Å². The smallest absolute Gasteiger partial charge is 0.328 e. The maximum atomic E-state index is 12.1. The van der Waals surface area contributed by atoms with E-state index in [0.717, 1.165) is 5.56 Å². The van der Waals surface area contributed by atoms with Gasteiger partial charge in [0.2, 0.25) is 0 Å². The Labute approximate surface area is 111 Å². The summed E-state index contributed by atoms with van der Waals surface area (Å²) >= 11 is 1.48. The minimum absolute atomic E-state index is 0.236.